The van der Waals surface area contributed by atoms with E-state index in [9.17, 15) is 15.0 Å². The molecule has 0 saturated carbocycles. The smallest absolute Gasteiger partial charge is 0.354 e. The van der Waals surface area contributed by atoms with Crippen molar-refractivity contribution in [2.24, 2.45) is 0 Å². The molecular formula is C18H14N2O3. The molecule has 0 fully saturated rings. The van der Waals surface area contributed by atoms with Crippen LogP contribution in [0.15, 0.2) is 66.7 Å². The number of aromatic carboxylic acids is 1. The Morgan fingerprint density at radius 2 is 1.52 bits per heavy atom. The average Bonchev–Trinajstić information content (AvgIpc) is 2.62. The molecule has 0 radical (unpaired) electrons. The fraction of sp³-hybridized carbons (Fsp3) is 0.0556. The Hall–Kier alpha value is -3.05. The molecule has 0 saturated heterocycles. The fourth-order valence-corrected chi connectivity index (χ4v) is 2.24. The molecule has 114 valence electrons. The summed E-state index contributed by atoms with van der Waals surface area (Å²) in [6.07, 6.45) is -1.01. The predicted octanol–water partition coefficient (Wildman–Crippen LogP) is 2.92. The molecule has 1 atom stereocenters. The molecule has 1 aromatic heterocycles. The highest BCUT2D eigenvalue weighted by Gasteiger charge is 2.18. The first-order chi connectivity index (χ1) is 11.1. The van der Waals surface area contributed by atoms with Crippen molar-refractivity contribution in [1.29, 1.82) is 0 Å². The van der Waals surface area contributed by atoms with E-state index in [0.29, 0.717) is 11.1 Å². The van der Waals surface area contributed by atoms with E-state index in [1.54, 1.807) is 36.4 Å². The van der Waals surface area contributed by atoms with Gasteiger partial charge in [-0.3, -0.25) is 0 Å². The van der Waals surface area contributed by atoms with Gasteiger partial charge in [0, 0.05) is 5.56 Å². The monoisotopic (exact) mass is 306 g/mol. The predicted molar refractivity (Wildman–Crippen MR) is 84.9 cm³/mol. The average molecular weight is 306 g/mol. The van der Waals surface area contributed by atoms with Gasteiger partial charge >= 0.3 is 5.97 Å². The quantitative estimate of drug-likeness (QED) is 0.774. The number of aliphatic hydroxyl groups is 1. The maximum Gasteiger partial charge on any atom is 0.354 e. The van der Waals surface area contributed by atoms with Crippen molar-refractivity contribution in [3.8, 4) is 11.4 Å². The fourth-order valence-electron chi connectivity index (χ4n) is 2.24. The molecule has 0 bridgehead atoms. The number of carboxylic acid groups (broad SMARTS) is 1. The van der Waals surface area contributed by atoms with Crippen molar-refractivity contribution >= 4 is 5.97 Å². The summed E-state index contributed by atoms with van der Waals surface area (Å²) in [5, 5.41) is 19.7. The maximum absolute atomic E-state index is 11.3. The molecule has 0 aliphatic rings. The lowest BCUT2D eigenvalue weighted by Gasteiger charge is -2.12. The Morgan fingerprint density at radius 3 is 2.13 bits per heavy atom. The second-order valence-electron chi connectivity index (χ2n) is 4.99. The molecule has 5 nitrogen and oxygen atoms in total. The van der Waals surface area contributed by atoms with Gasteiger partial charge in [0.1, 0.15) is 6.10 Å². The molecule has 2 N–H and O–H groups in total. The lowest BCUT2D eigenvalue weighted by Crippen LogP contribution is -2.09. The van der Waals surface area contributed by atoms with Gasteiger partial charge in [0.25, 0.3) is 0 Å². The van der Waals surface area contributed by atoms with Crippen LogP contribution in [-0.4, -0.2) is 26.2 Å². The van der Waals surface area contributed by atoms with Gasteiger partial charge in [0.15, 0.2) is 11.5 Å². The van der Waals surface area contributed by atoms with Crippen molar-refractivity contribution in [3.63, 3.8) is 0 Å². The van der Waals surface area contributed by atoms with Gasteiger partial charge in [-0.1, -0.05) is 60.7 Å². The van der Waals surface area contributed by atoms with Crippen LogP contribution in [0.25, 0.3) is 11.4 Å². The highest BCUT2D eigenvalue weighted by molar-refractivity contribution is 5.86. The van der Waals surface area contributed by atoms with E-state index in [0.717, 1.165) is 0 Å². The van der Waals surface area contributed by atoms with E-state index in [2.05, 4.69) is 9.97 Å². The summed E-state index contributed by atoms with van der Waals surface area (Å²) in [5.41, 5.74) is 1.44. The summed E-state index contributed by atoms with van der Waals surface area (Å²) in [6, 6.07) is 19.3. The summed E-state index contributed by atoms with van der Waals surface area (Å²) in [6.45, 7) is 0. The first kappa shape index (κ1) is 14.9. The number of hydrogen-bond acceptors (Lipinski definition) is 4. The van der Waals surface area contributed by atoms with Crippen LogP contribution >= 0.6 is 0 Å². The molecule has 1 heterocycles. The van der Waals surface area contributed by atoms with E-state index >= 15 is 0 Å². The molecular weight excluding hydrogens is 292 g/mol. The van der Waals surface area contributed by atoms with Gasteiger partial charge in [0.2, 0.25) is 0 Å². The number of carboxylic acids is 1. The highest BCUT2D eigenvalue weighted by Crippen LogP contribution is 2.23. The zero-order valence-corrected chi connectivity index (χ0v) is 12.1. The second-order valence-corrected chi connectivity index (χ2v) is 4.99. The van der Waals surface area contributed by atoms with Crippen LogP contribution in [0.3, 0.4) is 0 Å². The minimum atomic E-state index is -1.16. The van der Waals surface area contributed by atoms with E-state index in [1.165, 1.54) is 6.07 Å². The van der Waals surface area contributed by atoms with Gasteiger partial charge in [-0.15, -0.1) is 0 Å². The summed E-state index contributed by atoms with van der Waals surface area (Å²) < 4.78 is 0. The summed E-state index contributed by atoms with van der Waals surface area (Å²) in [7, 11) is 0. The standard InChI is InChI=1S/C18H14N2O3/c21-16(12-7-3-1-4-8-12)14-11-15(18(22)23)20-17(19-14)13-9-5-2-6-10-13/h1-11,16,21H,(H,22,23). The van der Waals surface area contributed by atoms with Crippen LogP contribution in [0.1, 0.15) is 27.8 Å². The van der Waals surface area contributed by atoms with E-state index in [1.807, 2.05) is 24.3 Å². The molecule has 0 spiro atoms. The number of aromatic nitrogens is 2. The van der Waals surface area contributed by atoms with E-state index < -0.39 is 12.1 Å². The largest absolute Gasteiger partial charge is 0.477 e. The normalized spacial score (nSPS) is 11.9. The molecule has 2 aromatic carbocycles. The third-order valence-corrected chi connectivity index (χ3v) is 3.39. The lowest BCUT2D eigenvalue weighted by molar-refractivity contribution is 0.0690. The third kappa shape index (κ3) is 3.25. The third-order valence-electron chi connectivity index (χ3n) is 3.39. The Morgan fingerprint density at radius 1 is 0.913 bits per heavy atom. The Balaban J connectivity index is 2.10. The molecule has 0 aliphatic heterocycles. The number of rotatable bonds is 4. The Kier molecular flexibility index (Phi) is 4.12. The summed E-state index contributed by atoms with van der Waals surface area (Å²) in [5.74, 6) is -0.887. The number of benzene rings is 2. The van der Waals surface area contributed by atoms with Crippen molar-refractivity contribution in [1.82, 2.24) is 9.97 Å². The Labute approximate surface area is 132 Å². The molecule has 3 aromatic rings. The van der Waals surface area contributed by atoms with E-state index in [4.69, 9.17) is 0 Å². The minimum Gasteiger partial charge on any atom is -0.477 e. The van der Waals surface area contributed by atoms with Gasteiger partial charge in [-0.05, 0) is 11.6 Å². The van der Waals surface area contributed by atoms with Crippen LogP contribution in [0, 0.1) is 0 Å². The molecule has 23 heavy (non-hydrogen) atoms. The number of nitrogens with zero attached hydrogens (tertiary/aromatic N) is 2. The SMILES string of the molecule is O=C(O)c1cc(C(O)c2ccccc2)nc(-c2ccccc2)n1. The summed E-state index contributed by atoms with van der Waals surface area (Å²) in [4.78, 5) is 19.7. The topological polar surface area (TPSA) is 83.3 Å². The lowest BCUT2D eigenvalue weighted by atomic mass is 10.1. The first-order valence-corrected chi connectivity index (χ1v) is 7.06. The van der Waals surface area contributed by atoms with Crippen molar-refractivity contribution in [2.45, 2.75) is 6.10 Å². The van der Waals surface area contributed by atoms with Crippen LogP contribution in [0.2, 0.25) is 0 Å². The van der Waals surface area contributed by atoms with Crippen LogP contribution in [0.4, 0.5) is 0 Å². The molecule has 0 aliphatic carbocycles. The number of hydrogen-bond donors (Lipinski definition) is 2. The highest BCUT2D eigenvalue weighted by atomic mass is 16.4. The number of carbonyl (C=O) groups is 1. The van der Waals surface area contributed by atoms with Crippen LogP contribution < -0.4 is 0 Å². The van der Waals surface area contributed by atoms with E-state index in [-0.39, 0.29) is 17.2 Å². The zero-order valence-electron chi connectivity index (χ0n) is 12.1. The van der Waals surface area contributed by atoms with Gasteiger partial charge in [-0.2, -0.15) is 0 Å². The Bertz CT molecular complexity index is 820. The second kappa shape index (κ2) is 6.37. The van der Waals surface area contributed by atoms with Crippen LogP contribution in [-0.2, 0) is 0 Å². The molecule has 1 unspecified atom stereocenters. The van der Waals surface area contributed by atoms with Crippen LogP contribution in [0.5, 0.6) is 0 Å². The van der Waals surface area contributed by atoms with Gasteiger partial charge in [-0.25, -0.2) is 14.8 Å². The minimum absolute atomic E-state index is 0.149. The first-order valence-electron chi connectivity index (χ1n) is 7.06. The molecule has 3 rings (SSSR count). The van der Waals surface area contributed by atoms with Crippen molar-refractivity contribution < 1.29 is 15.0 Å². The van der Waals surface area contributed by atoms with Crippen molar-refractivity contribution in [3.05, 3.63) is 83.7 Å². The maximum atomic E-state index is 11.3. The number of aliphatic hydroxyl groups excluding tert-OH is 1. The summed E-state index contributed by atoms with van der Waals surface area (Å²) >= 11 is 0. The van der Waals surface area contributed by atoms with Gasteiger partial charge in [0.05, 0.1) is 5.69 Å². The zero-order chi connectivity index (χ0) is 16.2. The molecule has 5 heteroatoms. The van der Waals surface area contributed by atoms with Crippen molar-refractivity contribution in [2.75, 3.05) is 0 Å². The molecule has 0 amide bonds. The van der Waals surface area contributed by atoms with Gasteiger partial charge < -0.3 is 10.2 Å².